The van der Waals surface area contributed by atoms with Crippen molar-refractivity contribution in [2.45, 2.75) is 20.0 Å². The molecule has 1 aromatic carbocycles. The van der Waals surface area contributed by atoms with Crippen LogP contribution in [0.25, 0.3) is 6.08 Å². The molecule has 1 aromatic heterocycles. The van der Waals surface area contributed by atoms with Gasteiger partial charge in [0.25, 0.3) is 5.91 Å². The lowest BCUT2D eigenvalue weighted by Gasteiger charge is -2.12. The second-order valence-corrected chi connectivity index (χ2v) is 5.05. The highest BCUT2D eigenvalue weighted by molar-refractivity contribution is 5.98. The molecule has 2 rings (SSSR count). The third-order valence-electron chi connectivity index (χ3n) is 3.15. The van der Waals surface area contributed by atoms with Gasteiger partial charge in [0.1, 0.15) is 5.76 Å². The van der Waals surface area contributed by atoms with Gasteiger partial charge in [0, 0.05) is 17.3 Å². The summed E-state index contributed by atoms with van der Waals surface area (Å²) in [5.41, 5.74) is 1.06. The van der Waals surface area contributed by atoms with Gasteiger partial charge < -0.3 is 14.5 Å². The first-order valence-electron chi connectivity index (χ1n) is 7.30. The maximum absolute atomic E-state index is 12.0. The Morgan fingerprint density at radius 1 is 1.17 bits per heavy atom. The molecule has 0 aliphatic rings. The summed E-state index contributed by atoms with van der Waals surface area (Å²) in [5.74, 6) is -0.667. The number of carbonyl (C=O) groups is 3. The van der Waals surface area contributed by atoms with E-state index in [9.17, 15) is 14.4 Å². The van der Waals surface area contributed by atoms with E-state index in [0.717, 1.165) is 0 Å². The van der Waals surface area contributed by atoms with Gasteiger partial charge in [-0.2, -0.15) is 0 Å². The zero-order chi connectivity index (χ0) is 17.5. The smallest absolute Gasteiger partial charge is 0.331 e. The van der Waals surface area contributed by atoms with Gasteiger partial charge in [-0.25, -0.2) is 4.79 Å². The van der Waals surface area contributed by atoms with E-state index < -0.39 is 18.0 Å². The minimum absolute atomic E-state index is 0.0569. The van der Waals surface area contributed by atoms with E-state index in [1.54, 1.807) is 36.4 Å². The number of ketones is 1. The van der Waals surface area contributed by atoms with Gasteiger partial charge in [-0.15, -0.1) is 0 Å². The van der Waals surface area contributed by atoms with Crippen LogP contribution in [-0.2, 0) is 14.3 Å². The Hall–Kier alpha value is -3.15. The van der Waals surface area contributed by atoms with Crippen LogP contribution in [0.1, 0.15) is 30.0 Å². The first-order valence-corrected chi connectivity index (χ1v) is 7.30. The molecule has 2 aromatic rings. The van der Waals surface area contributed by atoms with Crippen LogP contribution in [0.15, 0.2) is 53.2 Å². The van der Waals surface area contributed by atoms with Crippen LogP contribution < -0.4 is 5.32 Å². The Kier molecular flexibility index (Phi) is 5.68. The first kappa shape index (κ1) is 17.2. The monoisotopic (exact) mass is 327 g/mol. The molecule has 0 fully saturated rings. The molecular weight excluding hydrogens is 310 g/mol. The molecular formula is C18H17NO5. The number of ether oxygens (including phenoxy) is 1. The molecule has 1 amide bonds. The normalized spacial score (nSPS) is 11.9. The fourth-order valence-corrected chi connectivity index (χ4v) is 1.84. The SMILES string of the molecule is CC(=O)c1ccc(NC(=O)C(C)OC(=O)C=Cc2ccco2)cc1. The Morgan fingerprint density at radius 3 is 2.46 bits per heavy atom. The molecule has 124 valence electrons. The number of esters is 1. The van der Waals surface area contributed by atoms with Gasteiger partial charge in [0.2, 0.25) is 0 Å². The van der Waals surface area contributed by atoms with Crippen LogP contribution in [0.5, 0.6) is 0 Å². The summed E-state index contributed by atoms with van der Waals surface area (Å²) in [6.45, 7) is 2.93. The average molecular weight is 327 g/mol. The number of Topliss-reactive ketones (excluding diaryl/α,β-unsaturated/α-hetero) is 1. The van der Waals surface area contributed by atoms with E-state index in [2.05, 4.69) is 5.32 Å². The van der Waals surface area contributed by atoms with Gasteiger partial charge in [0.05, 0.1) is 6.26 Å². The number of nitrogens with one attached hydrogen (secondary N) is 1. The number of amides is 1. The number of furan rings is 1. The molecule has 24 heavy (non-hydrogen) atoms. The highest BCUT2D eigenvalue weighted by Gasteiger charge is 2.16. The van der Waals surface area contributed by atoms with Gasteiger partial charge in [0.15, 0.2) is 11.9 Å². The average Bonchev–Trinajstić information content (AvgIpc) is 3.06. The van der Waals surface area contributed by atoms with Crippen LogP contribution in [0.3, 0.4) is 0 Å². The maximum atomic E-state index is 12.0. The molecule has 6 nitrogen and oxygen atoms in total. The van der Waals surface area contributed by atoms with E-state index in [4.69, 9.17) is 9.15 Å². The van der Waals surface area contributed by atoms with Crippen LogP contribution in [0.4, 0.5) is 5.69 Å². The standard InChI is InChI=1S/C18H17NO5/c1-12(20)14-5-7-15(8-6-14)19-18(22)13(2)24-17(21)10-9-16-4-3-11-23-16/h3-11,13H,1-2H3,(H,19,22). The zero-order valence-electron chi connectivity index (χ0n) is 13.3. The molecule has 0 aliphatic heterocycles. The molecule has 1 heterocycles. The predicted molar refractivity (Wildman–Crippen MR) is 88.4 cm³/mol. The van der Waals surface area contributed by atoms with Crippen molar-refractivity contribution in [2.24, 2.45) is 0 Å². The third-order valence-corrected chi connectivity index (χ3v) is 3.15. The van der Waals surface area contributed by atoms with E-state index in [-0.39, 0.29) is 5.78 Å². The fraction of sp³-hybridized carbons (Fsp3) is 0.167. The summed E-state index contributed by atoms with van der Waals surface area (Å²) in [4.78, 5) is 34.9. The predicted octanol–water partition coefficient (Wildman–Crippen LogP) is 3.07. The summed E-state index contributed by atoms with van der Waals surface area (Å²) in [6.07, 6.45) is 3.15. The van der Waals surface area contributed by atoms with Crippen molar-refractivity contribution in [3.8, 4) is 0 Å². The highest BCUT2D eigenvalue weighted by atomic mass is 16.5. The highest BCUT2D eigenvalue weighted by Crippen LogP contribution is 2.11. The Balaban J connectivity index is 1.87. The Morgan fingerprint density at radius 2 is 1.88 bits per heavy atom. The molecule has 1 unspecified atom stereocenters. The van der Waals surface area contributed by atoms with E-state index in [1.165, 1.54) is 32.3 Å². The van der Waals surface area contributed by atoms with Crippen LogP contribution >= 0.6 is 0 Å². The fourth-order valence-electron chi connectivity index (χ4n) is 1.84. The Labute approximate surface area is 139 Å². The third kappa shape index (κ3) is 4.95. The minimum atomic E-state index is -0.966. The van der Waals surface area contributed by atoms with Crippen molar-refractivity contribution >= 4 is 29.4 Å². The number of carbonyl (C=O) groups excluding carboxylic acids is 3. The molecule has 1 N–H and O–H groups in total. The van der Waals surface area contributed by atoms with Crippen molar-refractivity contribution < 1.29 is 23.5 Å². The Bertz CT molecular complexity index is 744. The van der Waals surface area contributed by atoms with Gasteiger partial charge in [-0.05, 0) is 56.3 Å². The number of rotatable bonds is 6. The van der Waals surface area contributed by atoms with Crippen LogP contribution in [0, 0.1) is 0 Å². The number of hydrogen-bond donors (Lipinski definition) is 1. The molecule has 0 bridgehead atoms. The summed E-state index contributed by atoms with van der Waals surface area (Å²) < 4.78 is 10.1. The van der Waals surface area contributed by atoms with Gasteiger partial charge in [-0.1, -0.05) is 0 Å². The lowest BCUT2D eigenvalue weighted by molar-refractivity contribution is -0.148. The molecule has 1 atom stereocenters. The minimum Gasteiger partial charge on any atom is -0.465 e. The zero-order valence-corrected chi connectivity index (χ0v) is 13.3. The molecule has 0 aliphatic carbocycles. The number of anilines is 1. The van der Waals surface area contributed by atoms with Crippen LogP contribution in [-0.4, -0.2) is 23.8 Å². The summed E-state index contributed by atoms with van der Waals surface area (Å²) in [5, 5.41) is 2.61. The lowest BCUT2D eigenvalue weighted by Crippen LogP contribution is -2.29. The first-order chi connectivity index (χ1) is 11.5. The molecule has 6 heteroatoms. The van der Waals surface area contributed by atoms with Crippen molar-refractivity contribution in [3.05, 3.63) is 60.1 Å². The number of hydrogen-bond acceptors (Lipinski definition) is 5. The summed E-state index contributed by atoms with van der Waals surface area (Å²) >= 11 is 0. The molecule has 0 spiro atoms. The second-order valence-electron chi connectivity index (χ2n) is 5.05. The van der Waals surface area contributed by atoms with Gasteiger partial charge >= 0.3 is 5.97 Å². The van der Waals surface area contributed by atoms with Crippen molar-refractivity contribution in [3.63, 3.8) is 0 Å². The maximum Gasteiger partial charge on any atom is 0.331 e. The van der Waals surface area contributed by atoms with Gasteiger partial charge in [-0.3, -0.25) is 9.59 Å². The molecule has 0 radical (unpaired) electrons. The molecule has 0 saturated carbocycles. The van der Waals surface area contributed by atoms with Crippen molar-refractivity contribution in [1.29, 1.82) is 0 Å². The van der Waals surface area contributed by atoms with E-state index in [1.807, 2.05) is 0 Å². The number of benzene rings is 1. The lowest BCUT2D eigenvalue weighted by atomic mass is 10.1. The van der Waals surface area contributed by atoms with E-state index >= 15 is 0 Å². The van der Waals surface area contributed by atoms with Crippen molar-refractivity contribution in [1.82, 2.24) is 0 Å². The largest absolute Gasteiger partial charge is 0.465 e. The molecule has 0 saturated heterocycles. The van der Waals surface area contributed by atoms with Crippen molar-refractivity contribution in [2.75, 3.05) is 5.32 Å². The second kappa shape index (κ2) is 7.92. The summed E-state index contributed by atoms with van der Waals surface area (Å²) in [6, 6.07) is 9.82. The summed E-state index contributed by atoms with van der Waals surface area (Å²) in [7, 11) is 0. The topological polar surface area (TPSA) is 85.6 Å². The quantitative estimate of drug-likeness (QED) is 0.500. The van der Waals surface area contributed by atoms with Crippen LogP contribution in [0.2, 0.25) is 0 Å². The van der Waals surface area contributed by atoms with E-state index in [0.29, 0.717) is 17.0 Å².